The van der Waals surface area contributed by atoms with Gasteiger partial charge in [-0.2, -0.15) is 5.26 Å². The van der Waals surface area contributed by atoms with Crippen LogP contribution in [0.1, 0.15) is 32.3 Å². The molecule has 0 heterocycles. The first-order chi connectivity index (χ1) is 9.03. The highest BCUT2D eigenvalue weighted by Crippen LogP contribution is 2.13. The number of carbonyl (C=O) groups is 1. The number of hydrogen-bond acceptors (Lipinski definition) is 4. The van der Waals surface area contributed by atoms with Gasteiger partial charge in [0, 0.05) is 11.2 Å². The molecule has 0 atom stereocenters. The zero-order valence-electron chi connectivity index (χ0n) is 11.3. The number of hydrogen-bond donors (Lipinski definition) is 2. The van der Waals surface area contributed by atoms with Crippen molar-refractivity contribution in [2.45, 2.75) is 32.2 Å². The van der Waals surface area contributed by atoms with Crippen LogP contribution in [0.15, 0.2) is 24.3 Å². The van der Waals surface area contributed by atoms with Crippen LogP contribution in [0.25, 0.3) is 0 Å². The number of ether oxygens (including phenoxy) is 1. The number of nitrogens with zero attached hydrogens (tertiary/aromatic N) is 1. The third kappa shape index (κ3) is 4.60. The van der Waals surface area contributed by atoms with Gasteiger partial charge in [0.2, 0.25) is 0 Å². The number of nitriles is 1. The molecular formula is C14H19N3O2. The molecule has 1 rings (SSSR count). The van der Waals surface area contributed by atoms with Crippen LogP contribution in [0, 0.1) is 11.3 Å². The molecule has 5 heteroatoms. The van der Waals surface area contributed by atoms with Crippen LogP contribution in [0.4, 0.5) is 10.5 Å². The second-order valence-corrected chi connectivity index (χ2v) is 4.46. The Labute approximate surface area is 113 Å². The molecule has 1 amide bonds. The highest BCUT2D eigenvalue weighted by atomic mass is 16.5. The van der Waals surface area contributed by atoms with Gasteiger partial charge in [0.15, 0.2) is 0 Å². The zero-order valence-corrected chi connectivity index (χ0v) is 11.3. The molecule has 0 aliphatic carbocycles. The molecule has 0 aromatic heterocycles. The minimum Gasteiger partial charge on any atom is -0.447 e. The molecule has 0 fully saturated rings. The lowest BCUT2D eigenvalue weighted by atomic mass is 9.96. The van der Waals surface area contributed by atoms with Crippen molar-refractivity contribution in [3.05, 3.63) is 29.8 Å². The lowest BCUT2D eigenvalue weighted by molar-refractivity contribution is 0.125. The summed E-state index contributed by atoms with van der Waals surface area (Å²) in [5.41, 5.74) is 6.56. The number of amides is 1. The van der Waals surface area contributed by atoms with Gasteiger partial charge in [-0.25, -0.2) is 4.79 Å². The summed E-state index contributed by atoms with van der Waals surface area (Å²) in [5, 5.41) is 11.3. The minimum atomic E-state index is -0.563. The summed E-state index contributed by atoms with van der Waals surface area (Å²) in [5.74, 6) is 0. The van der Waals surface area contributed by atoms with Crippen LogP contribution in [0.5, 0.6) is 0 Å². The third-order valence-electron chi connectivity index (χ3n) is 3.14. The van der Waals surface area contributed by atoms with E-state index >= 15 is 0 Å². The van der Waals surface area contributed by atoms with Crippen LogP contribution >= 0.6 is 0 Å². The molecule has 3 N–H and O–H groups in total. The number of nitrogens with two attached hydrogens (primary N) is 1. The average Bonchev–Trinajstić information content (AvgIpc) is 2.45. The molecule has 1 aromatic carbocycles. The molecule has 5 nitrogen and oxygen atoms in total. The van der Waals surface area contributed by atoms with Gasteiger partial charge in [-0.15, -0.1) is 0 Å². The van der Waals surface area contributed by atoms with Gasteiger partial charge in [0.25, 0.3) is 0 Å². The van der Waals surface area contributed by atoms with Gasteiger partial charge < -0.3 is 10.5 Å². The molecular weight excluding hydrogens is 242 g/mol. The smallest absolute Gasteiger partial charge is 0.411 e. The van der Waals surface area contributed by atoms with E-state index in [-0.39, 0.29) is 6.61 Å². The summed E-state index contributed by atoms with van der Waals surface area (Å²) >= 11 is 0. The second-order valence-electron chi connectivity index (χ2n) is 4.46. The van der Waals surface area contributed by atoms with Crippen LogP contribution in [-0.4, -0.2) is 18.2 Å². The summed E-state index contributed by atoms with van der Waals surface area (Å²) < 4.78 is 5.11. The minimum absolute atomic E-state index is 0.170. The highest BCUT2D eigenvalue weighted by Gasteiger charge is 2.22. The number of nitrogens with one attached hydrogen (secondary N) is 1. The fraction of sp³-hybridized carbons (Fsp3) is 0.429. The van der Waals surface area contributed by atoms with Crippen molar-refractivity contribution in [2.24, 2.45) is 5.73 Å². The van der Waals surface area contributed by atoms with Crippen molar-refractivity contribution in [2.75, 3.05) is 11.9 Å². The van der Waals surface area contributed by atoms with Crippen molar-refractivity contribution in [1.29, 1.82) is 5.26 Å². The maximum atomic E-state index is 11.6. The first-order valence-corrected chi connectivity index (χ1v) is 6.26. The number of benzene rings is 1. The fourth-order valence-corrected chi connectivity index (χ4v) is 1.48. The van der Waals surface area contributed by atoms with Gasteiger partial charge >= 0.3 is 6.09 Å². The van der Waals surface area contributed by atoms with E-state index in [2.05, 4.69) is 5.32 Å². The predicted octanol–water partition coefficient (Wildman–Crippen LogP) is 2.62. The van der Waals surface area contributed by atoms with Crippen molar-refractivity contribution in [3.8, 4) is 6.07 Å². The lowest BCUT2D eigenvalue weighted by Crippen LogP contribution is -2.44. The standard InChI is InChI=1S/C14H19N3O2/c1-3-14(16,4-2)10-19-13(18)17-12-7-5-6-11(8-12)9-15/h5-8H,3-4,10,16H2,1-2H3,(H,17,18). The Bertz CT molecular complexity index is 476. The Morgan fingerprint density at radius 1 is 1.47 bits per heavy atom. The van der Waals surface area contributed by atoms with Gasteiger partial charge in [-0.1, -0.05) is 19.9 Å². The van der Waals surface area contributed by atoms with Gasteiger partial charge in [0.1, 0.15) is 6.61 Å². The van der Waals surface area contributed by atoms with E-state index in [9.17, 15) is 4.79 Å². The lowest BCUT2D eigenvalue weighted by Gasteiger charge is -2.25. The molecule has 0 spiro atoms. The molecule has 0 aliphatic rings. The molecule has 0 bridgehead atoms. The van der Waals surface area contributed by atoms with Crippen molar-refractivity contribution >= 4 is 11.8 Å². The van der Waals surface area contributed by atoms with Crippen LogP contribution in [0.3, 0.4) is 0 Å². The Kier molecular flexibility index (Phi) is 5.34. The molecule has 19 heavy (non-hydrogen) atoms. The number of rotatable bonds is 5. The topological polar surface area (TPSA) is 88.1 Å². The summed E-state index contributed by atoms with van der Waals surface area (Å²) in [4.78, 5) is 11.6. The second kappa shape index (κ2) is 6.76. The van der Waals surface area contributed by atoms with E-state index in [1.54, 1.807) is 24.3 Å². The fourth-order valence-electron chi connectivity index (χ4n) is 1.48. The van der Waals surface area contributed by atoms with Gasteiger partial charge in [0.05, 0.1) is 11.6 Å². The Morgan fingerprint density at radius 2 is 2.16 bits per heavy atom. The molecule has 0 aliphatic heterocycles. The maximum absolute atomic E-state index is 11.6. The molecule has 0 unspecified atom stereocenters. The largest absolute Gasteiger partial charge is 0.447 e. The van der Waals surface area contributed by atoms with Crippen LogP contribution < -0.4 is 11.1 Å². The molecule has 0 saturated carbocycles. The monoisotopic (exact) mass is 261 g/mol. The predicted molar refractivity (Wildman–Crippen MR) is 73.6 cm³/mol. The van der Waals surface area contributed by atoms with Gasteiger partial charge in [-0.05, 0) is 31.0 Å². The average molecular weight is 261 g/mol. The molecule has 1 aromatic rings. The van der Waals surface area contributed by atoms with E-state index in [0.717, 1.165) is 12.8 Å². The van der Waals surface area contributed by atoms with E-state index in [1.165, 1.54) is 0 Å². The summed E-state index contributed by atoms with van der Waals surface area (Å²) in [6.07, 6.45) is 0.910. The van der Waals surface area contributed by atoms with Crippen molar-refractivity contribution in [1.82, 2.24) is 0 Å². The Balaban J connectivity index is 2.54. The Morgan fingerprint density at radius 3 is 2.74 bits per heavy atom. The highest BCUT2D eigenvalue weighted by molar-refractivity contribution is 5.84. The van der Waals surface area contributed by atoms with Crippen molar-refractivity contribution in [3.63, 3.8) is 0 Å². The van der Waals surface area contributed by atoms with E-state index < -0.39 is 11.6 Å². The van der Waals surface area contributed by atoms with Gasteiger partial charge in [-0.3, -0.25) is 5.32 Å². The van der Waals surface area contributed by atoms with Crippen LogP contribution in [0.2, 0.25) is 0 Å². The van der Waals surface area contributed by atoms with E-state index in [0.29, 0.717) is 11.3 Å². The maximum Gasteiger partial charge on any atom is 0.411 e. The molecule has 102 valence electrons. The quantitative estimate of drug-likeness (QED) is 0.852. The zero-order chi connectivity index (χ0) is 14.3. The Hall–Kier alpha value is -2.06. The normalized spacial score (nSPS) is 10.6. The van der Waals surface area contributed by atoms with Crippen molar-refractivity contribution < 1.29 is 9.53 Å². The number of carbonyl (C=O) groups excluding carboxylic acids is 1. The first kappa shape index (κ1) is 15.0. The van der Waals surface area contributed by atoms with E-state index in [1.807, 2.05) is 19.9 Å². The summed E-state index contributed by atoms with van der Waals surface area (Å²) in [7, 11) is 0. The number of anilines is 1. The summed E-state index contributed by atoms with van der Waals surface area (Å²) in [6, 6.07) is 8.63. The van der Waals surface area contributed by atoms with E-state index in [4.69, 9.17) is 15.7 Å². The molecule has 0 radical (unpaired) electrons. The first-order valence-electron chi connectivity index (χ1n) is 6.26. The third-order valence-corrected chi connectivity index (χ3v) is 3.14. The summed E-state index contributed by atoms with van der Waals surface area (Å²) in [6.45, 7) is 4.09. The SMILES string of the molecule is CCC(N)(CC)COC(=O)Nc1cccc(C#N)c1. The van der Waals surface area contributed by atoms with Crippen LogP contribution in [-0.2, 0) is 4.74 Å². The molecule has 0 saturated heterocycles.